The van der Waals surface area contributed by atoms with Gasteiger partial charge in [0.1, 0.15) is 11.1 Å². The first-order chi connectivity index (χ1) is 7.60. The molecular weight excluding hydrogens is 232 g/mol. The number of nitrogens with zero attached hydrogens (tertiary/aromatic N) is 1. The van der Waals surface area contributed by atoms with E-state index < -0.39 is 18.2 Å². The van der Waals surface area contributed by atoms with Gasteiger partial charge in [0.15, 0.2) is 5.69 Å². The smallest absolute Gasteiger partial charge is 0.357 e. The Balaban J connectivity index is 2.73. The van der Waals surface area contributed by atoms with E-state index in [1.54, 1.807) is 0 Å². The van der Waals surface area contributed by atoms with Crippen LogP contribution in [-0.4, -0.2) is 40.9 Å². The van der Waals surface area contributed by atoms with E-state index in [1.807, 2.05) is 0 Å². The van der Waals surface area contributed by atoms with Crippen molar-refractivity contribution in [3.8, 4) is 0 Å². The highest BCUT2D eigenvalue weighted by molar-refractivity contribution is 7.09. The second-order valence-corrected chi connectivity index (χ2v) is 4.04. The maximum Gasteiger partial charge on any atom is 0.357 e. The lowest BCUT2D eigenvalue weighted by Gasteiger charge is -2.14. The Labute approximate surface area is 96.7 Å². The third kappa shape index (κ3) is 2.99. The maximum absolute atomic E-state index is 11.1. The molecule has 0 aliphatic heterocycles. The fourth-order valence-electron chi connectivity index (χ4n) is 1.11. The molecule has 2 atom stereocenters. The topological polar surface area (TPSA) is 106 Å². The van der Waals surface area contributed by atoms with Crippen LogP contribution in [0, 0.1) is 0 Å². The Morgan fingerprint density at radius 3 is 2.94 bits per heavy atom. The van der Waals surface area contributed by atoms with Crippen LogP contribution in [0.15, 0.2) is 5.38 Å². The first kappa shape index (κ1) is 13.0. The Bertz CT molecular complexity index is 355. The van der Waals surface area contributed by atoms with Crippen molar-refractivity contribution in [3.63, 3.8) is 0 Å². The largest absolute Gasteiger partial charge is 0.464 e. The SMILES string of the molecule is COC(=O)c1csc(C(O)C(O)CCN)n1. The summed E-state index contributed by atoms with van der Waals surface area (Å²) in [6.45, 7) is 0.271. The molecule has 0 aliphatic rings. The van der Waals surface area contributed by atoms with Crippen LogP contribution in [0.25, 0.3) is 0 Å². The van der Waals surface area contributed by atoms with Gasteiger partial charge >= 0.3 is 5.97 Å². The average molecular weight is 246 g/mol. The number of ether oxygens (including phenoxy) is 1. The normalized spacial score (nSPS) is 14.5. The Hall–Kier alpha value is -1.02. The summed E-state index contributed by atoms with van der Waals surface area (Å²) in [7, 11) is 1.25. The first-order valence-electron chi connectivity index (χ1n) is 4.70. The van der Waals surface area contributed by atoms with Gasteiger partial charge in [0.25, 0.3) is 0 Å². The van der Waals surface area contributed by atoms with E-state index in [0.717, 1.165) is 11.3 Å². The number of aliphatic hydroxyl groups is 2. The van der Waals surface area contributed by atoms with Crippen LogP contribution in [0.3, 0.4) is 0 Å². The molecule has 0 aromatic carbocycles. The Morgan fingerprint density at radius 1 is 1.69 bits per heavy atom. The van der Waals surface area contributed by atoms with Gasteiger partial charge < -0.3 is 20.7 Å². The molecule has 1 aromatic rings. The van der Waals surface area contributed by atoms with Gasteiger partial charge in [-0.15, -0.1) is 11.3 Å². The van der Waals surface area contributed by atoms with Crippen molar-refractivity contribution < 1.29 is 19.7 Å². The van der Waals surface area contributed by atoms with Crippen LogP contribution in [0.2, 0.25) is 0 Å². The van der Waals surface area contributed by atoms with E-state index in [0.29, 0.717) is 0 Å². The molecular formula is C9H14N2O4S. The number of carbonyl (C=O) groups excluding carboxylic acids is 1. The van der Waals surface area contributed by atoms with Crippen molar-refractivity contribution in [1.29, 1.82) is 0 Å². The molecule has 0 saturated carbocycles. The lowest BCUT2D eigenvalue weighted by atomic mass is 10.1. The van der Waals surface area contributed by atoms with Gasteiger partial charge in [-0.1, -0.05) is 0 Å². The van der Waals surface area contributed by atoms with Crippen LogP contribution in [-0.2, 0) is 4.74 Å². The highest BCUT2D eigenvalue weighted by Gasteiger charge is 2.22. The molecule has 0 amide bonds. The zero-order valence-corrected chi connectivity index (χ0v) is 9.61. The minimum atomic E-state index is -1.12. The van der Waals surface area contributed by atoms with Gasteiger partial charge in [0, 0.05) is 5.38 Å². The fourth-order valence-corrected chi connectivity index (χ4v) is 1.94. The zero-order chi connectivity index (χ0) is 12.1. The summed E-state index contributed by atoms with van der Waals surface area (Å²) in [4.78, 5) is 15.0. The quantitative estimate of drug-likeness (QED) is 0.614. The summed E-state index contributed by atoms with van der Waals surface area (Å²) < 4.78 is 4.48. The van der Waals surface area contributed by atoms with Crippen LogP contribution in [0.5, 0.6) is 0 Å². The predicted molar refractivity (Wildman–Crippen MR) is 58.1 cm³/mol. The number of carbonyl (C=O) groups is 1. The predicted octanol–water partition coefficient (Wildman–Crippen LogP) is -0.327. The number of thiazole rings is 1. The molecule has 4 N–H and O–H groups in total. The molecule has 16 heavy (non-hydrogen) atoms. The highest BCUT2D eigenvalue weighted by atomic mass is 32.1. The second kappa shape index (κ2) is 5.90. The van der Waals surface area contributed by atoms with Crippen molar-refractivity contribution in [1.82, 2.24) is 4.98 Å². The highest BCUT2D eigenvalue weighted by Crippen LogP contribution is 2.22. The number of methoxy groups -OCH3 is 1. The molecule has 0 bridgehead atoms. The van der Waals surface area contributed by atoms with Crippen molar-refractivity contribution in [2.45, 2.75) is 18.6 Å². The molecule has 0 aliphatic carbocycles. The van der Waals surface area contributed by atoms with Gasteiger partial charge in [-0.05, 0) is 13.0 Å². The van der Waals surface area contributed by atoms with E-state index in [2.05, 4.69) is 9.72 Å². The summed E-state index contributed by atoms with van der Waals surface area (Å²) in [5.74, 6) is -0.567. The lowest BCUT2D eigenvalue weighted by molar-refractivity contribution is 0.0147. The summed E-state index contributed by atoms with van der Waals surface area (Å²) in [5, 5.41) is 20.9. The zero-order valence-electron chi connectivity index (χ0n) is 8.79. The minimum absolute atomic E-state index is 0.126. The summed E-state index contributed by atoms with van der Waals surface area (Å²) in [6.07, 6.45) is -1.82. The van der Waals surface area contributed by atoms with E-state index in [1.165, 1.54) is 12.5 Å². The average Bonchev–Trinajstić information content (AvgIpc) is 2.76. The molecule has 6 nitrogen and oxygen atoms in total. The Morgan fingerprint density at radius 2 is 2.38 bits per heavy atom. The van der Waals surface area contributed by atoms with Gasteiger partial charge in [-0.2, -0.15) is 0 Å². The number of rotatable bonds is 5. The van der Waals surface area contributed by atoms with Crippen LogP contribution in [0.1, 0.15) is 28.0 Å². The third-order valence-electron chi connectivity index (χ3n) is 2.00. The summed E-state index contributed by atoms with van der Waals surface area (Å²) >= 11 is 1.09. The molecule has 0 saturated heterocycles. The fraction of sp³-hybridized carbons (Fsp3) is 0.556. The molecule has 1 heterocycles. The molecule has 0 fully saturated rings. The molecule has 0 radical (unpaired) electrons. The van der Waals surface area contributed by atoms with Crippen molar-refractivity contribution in [2.75, 3.05) is 13.7 Å². The van der Waals surface area contributed by atoms with Gasteiger partial charge in [0.2, 0.25) is 0 Å². The molecule has 90 valence electrons. The molecule has 1 rings (SSSR count). The summed E-state index contributed by atoms with van der Waals surface area (Å²) in [6, 6.07) is 0. The van der Waals surface area contributed by atoms with Gasteiger partial charge in [-0.3, -0.25) is 0 Å². The number of nitrogens with two attached hydrogens (primary N) is 1. The maximum atomic E-state index is 11.1. The van der Waals surface area contributed by atoms with E-state index in [4.69, 9.17) is 5.73 Å². The Kier molecular flexibility index (Phi) is 4.81. The van der Waals surface area contributed by atoms with Crippen molar-refractivity contribution in [2.24, 2.45) is 5.73 Å². The number of esters is 1. The lowest BCUT2D eigenvalue weighted by Crippen LogP contribution is -2.21. The minimum Gasteiger partial charge on any atom is -0.464 e. The van der Waals surface area contributed by atoms with Crippen molar-refractivity contribution >= 4 is 17.3 Å². The number of hydrogen-bond acceptors (Lipinski definition) is 7. The number of aliphatic hydroxyl groups excluding tert-OH is 2. The van der Waals surface area contributed by atoms with Crippen LogP contribution in [0.4, 0.5) is 0 Å². The monoisotopic (exact) mass is 246 g/mol. The molecule has 0 spiro atoms. The van der Waals surface area contributed by atoms with E-state index >= 15 is 0 Å². The third-order valence-corrected chi connectivity index (χ3v) is 2.91. The van der Waals surface area contributed by atoms with E-state index in [-0.39, 0.29) is 23.7 Å². The summed E-state index contributed by atoms with van der Waals surface area (Å²) in [5.41, 5.74) is 5.38. The number of hydrogen-bond donors (Lipinski definition) is 3. The van der Waals surface area contributed by atoms with Gasteiger partial charge in [-0.25, -0.2) is 9.78 Å². The van der Waals surface area contributed by atoms with E-state index in [9.17, 15) is 15.0 Å². The second-order valence-electron chi connectivity index (χ2n) is 3.15. The van der Waals surface area contributed by atoms with Crippen LogP contribution >= 0.6 is 11.3 Å². The molecule has 7 heteroatoms. The van der Waals surface area contributed by atoms with Gasteiger partial charge in [0.05, 0.1) is 13.2 Å². The number of aromatic nitrogens is 1. The molecule has 1 aromatic heterocycles. The van der Waals surface area contributed by atoms with Crippen molar-refractivity contribution in [3.05, 3.63) is 16.1 Å². The standard InChI is InChI=1S/C9H14N2O4S/c1-15-9(14)5-4-16-8(11-5)7(13)6(12)2-3-10/h4,6-7,12-13H,2-3,10H2,1H3. The van der Waals surface area contributed by atoms with Crippen LogP contribution < -0.4 is 5.73 Å². The molecule has 2 unspecified atom stereocenters. The first-order valence-corrected chi connectivity index (χ1v) is 5.58.